The van der Waals surface area contributed by atoms with Crippen LogP contribution in [-0.2, 0) is 22.8 Å². The molecule has 0 radical (unpaired) electrons. The van der Waals surface area contributed by atoms with E-state index in [0.29, 0.717) is 37.9 Å². The molecule has 1 saturated carbocycles. The molecule has 2 heterocycles. The standard InChI is InChI=1S/C33H35F3N2O3/c1-4-17-37-18-16-31-29-23-6-5-7-26(29)41-30(31)25(14-15-32(31,40)27(37)19-23)38(20-21(2)3)28(39)13-10-22-8-11-24(12-9-22)33(34,35)36/h4-9,11-12,21,25,27,30,40H,1,14-20H2,2-3H3/t25-,27-,30+,31+,32-/m1/s1. The van der Waals surface area contributed by atoms with Gasteiger partial charge in [-0.05, 0) is 74.0 Å². The zero-order valence-corrected chi connectivity index (χ0v) is 23.4. The van der Waals surface area contributed by atoms with Gasteiger partial charge in [0.2, 0.25) is 0 Å². The predicted octanol–water partition coefficient (Wildman–Crippen LogP) is 4.95. The average molecular weight is 565 g/mol. The number of ether oxygens (including phenoxy) is 1. The second kappa shape index (κ2) is 9.92. The number of hydrogen-bond donors (Lipinski definition) is 1. The molecule has 1 N–H and O–H groups in total. The summed E-state index contributed by atoms with van der Waals surface area (Å²) in [6.07, 6.45) is -0.440. The summed E-state index contributed by atoms with van der Waals surface area (Å²) in [4.78, 5) is 17.8. The van der Waals surface area contributed by atoms with Crippen LogP contribution in [0.1, 0.15) is 55.4 Å². The molecule has 1 spiro atoms. The Hall–Kier alpha value is -3.28. The number of halogens is 3. The number of likely N-dealkylation sites (tertiary alicyclic amines) is 1. The van der Waals surface area contributed by atoms with Gasteiger partial charge in [-0.1, -0.05) is 38.0 Å². The third-order valence-electron chi connectivity index (χ3n) is 9.55. The lowest BCUT2D eigenvalue weighted by molar-refractivity contribution is -0.199. The fourth-order valence-corrected chi connectivity index (χ4v) is 7.98. The van der Waals surface area contributed by atoms with Crippen molar-refractivity contribution in [1.82, 2.24) is 9.80 Å². The van der Waals surface area contributed by atoms with Crippen LogP contribution in [0.25, 0.3) is 0 Å². The van der Waals surface area contributed by atoms with Crippen molar-refractivity contribution in [3.63, 3.8) is 0 Å². The molecule has 2 aliphatic heterocycles. The second-order valence-corrected chi connectivity index (χ2v) is 12.3. The summed E-state index contributed by atoms with van der Waals surface area (Å²) in [7, 11) is 0. The van der Waals surface area contributed by atoms with Gasteiger partial charge in [-0.2, -0.15) is 13.2 Å². The average Bonchev–Trinajstić information content (AvgIpc) is 3.27. The monoisotopic (exact) mass is 564 g/mol. The molecule has 0 aromatic heterocycles. The Morgan fingerprint density at radius 1 is 1.24 bits per heavy atom. The number of carbonyl (C=O) groups excluding carboxylic acids is 1. The summed E-state index contributed by atoms with van der Waals surface area (Å²) in [6, 6.07) is 10.2. The van der Waals surface area contributed by atoms with Crippen LogP contribution in [0.5, 0.6) is 5.75 Å². The molecule has 41 heavy (non-hydrogen) atoms. The number of hydrogen-bond acceptors (Lipinski definition) is 4. The molecular formula is C33H35F3N2O3. The second-order valence-electron chi connectivity index (χ2n) is 12.3. The van der Waals surface area contributed by atoms with E-state index in [1.54, 1.807) is 4.90 Å². The SMILES string of the molecule is C=CCN1CC[C@]23c4c5cccc4O[C@H]2[C@H](N(CC(C)C)C(=O)C#Cc2ccc(C(F)(F)F)cc2)CC[C@@]3(O)[C@H]1C5. The molecule has 2 aliphatic carbocycles. The zero-order valence-electron chi connectivity index (χ0n) is 23.4. The summed E-state index contributed by atoms with van der Waals surface area (Å²) in [5.41, 5.74) is 0.225. The van der Waals surface area contributed by atoms with Gasteiger partial charge in [-0.3, -0.25) is 9.69 Å². The Bertz CT molecular complexity index is 1430. The molecule has 5 atom stereocenters. The molecule has 1 amide bonds. The number of benzene rings is 2. The highest BCUT2D eigenvalue weighted by molar-refractivity contribution is 5.94. The normalized spacial score (nSPS) is 29.7. The van der Waals surface area contributed by atoms with Crippen LogP contribution in [0.15, 0.2) is 55.1 Å². The van der Waals surface area contributed by atoms with Crippen molar-refractivity contribution in [2.24, 2.45) is 5.92 Å². The van der Waals surface area contributed by atoms with E-state index >= 15 is 0 Å². The number of alkyl halides is 3. The molecule has 1 saturated heterocycles. The van der Waals surface area contributed by atoms with Gasteiger partial charge >= 0.3 is 6.18 Å². The first-order valence-corrected chi connectivity index (χ1v) is 14.4. The molecule has 8 heteroatoms. The zero-order chi connectivity index (χ0) is 29.2. The van der Waals surface area contributed by atoms with E-state index in [9.17, 15) is 23.1 Å². The molecule has 4 aliphatic rings. The van der Waals surface area contributed by atoms with Crippen LogP contribution in [0.3, 0.4) is 0 Å². The van der Waals surface area contributed by atoms with Gasteiger partial charge < -0.3 is 14.7 Å². The Balaban J connectivity index is 1.36. The third kappa shape index (κ3) is 4.28. The Morgan fingerprint density at radius 3 is 2.68 bits per heavy atom. The molecule has 6 rings (SSSR count). The molecule has 5 nitrogen and oxygen atoms in total. The number of piperidine rings is 1. The number of aliphatic hydroxyl groups is 1. The summed E-state index contributed by atoms with van der Waals surface area (Å²) in [5.74, 6) is 6.03. The predicted molar refractivity (Wildman–Crippen MR) is 149 cm³/mol. The fraction of sp³-hybridized carbons (Fsp3) is 0.485. The van der Waals surface area contributed by atoms with Gasteiger partial charge in [-0.25, -0.2) is 0 Å². The summed E-state index contributed by atoms with van der Waals surface area (Å²) in [6.45, 7) is 9.96. The van der Waals surface area contributed by atoms with Crippen molar-refractivity contribution < 1.29 is 27.8 Å². The van der Waals surface area contributed by atoms with Gasteiger partial charge in [-0.15, -0.1) is 6.58 Å². The van der Waals surface area contributed by atoms with Crippen molar-refractivity contribution in [3.05, 3.63) is 77.4 Å². The maximum atomic E-state index is 13.7. The van der Waals surface area contributed by atoms with Gasteiger partial charge in [0.15, 0.2) is 0 Å². The van der Waals surface area contributed by atoms with Gasteiger partial charge in [0.05, 0.1) is 22.6 Å². The van der Waals surface area contributed by atoms with E-state index < -0.39 is 28.9 Å². The summed E-state index contributed by atoms with van der Waals surface area (Å²) < 4.78 is 45.6. The lowest BCUT2D eigenvalue weighted by Gasteiger charge is -2.64. The minimum absolute atomic E-state index is 0.0733. The fourth-order valence-electron chi connectivity index (χ4n) is 7.98. The maximum absolute atomic E-state index is 13.7. The number of rotatable bonds is 5. The van der Waals surface area contributed by atoms with Crippen molar-refractivity contribution in [1.29, 1.82) is 0 Å². The number of nitrogens with zero attached hydrogens (tertiary/aromatic N) is 2. The Labute approximate surface area is 239 Å². The van der Waals surface area contributed by atoms with Crippen LogP contribution >= 0.6 is 0 Å². The highest BCUT2D eigenvalue weighted by atomic mass is 19.4. The van der Waals surface area contributed by atoms with Crippen molar-refractivity contribution in [3.8, 4) is 17.6 Å². The smallest absolute Gasteiger partial charge is 0.416 e. The minimum Gasteiger partial charge on any atom is -0.487 e. The highest BCUT2D eigenvalue weighted by Crippen LogP contribution is 2.64. The number of amides is 1. The molecule has 0 unspecified atom stereocenters. The third-order valence-corrected chi connectivity index (χ3v) is 9.55. The largest absolute Gasteiger partial charge is 0.487 e. The molecule has 2 aromatic rings. The van der Waals surface area contributed by atoms with Crippen LogP contribution in [0, 0.1) is 17.8 Å². The summed E-state index contributed by atoms with van der Waals surface area (Å²) >= 11 is 0. The minimum atomic E-state index is -4.43. The first kappa shape index (κ1) is 27.9. The first-order valence-electron chi connectivity index (χ1n) is 14.4. The van der Waals surface area contributed by atoms with Crippen molar-refractivity contribution in [2.75, 3.05) is 19.6 Å². The van der Waals surface area contributed by atoms with Gasteiger partial charge in [0, 0.05) is 36.2 Å². The highest BCUT2D eigenvalue weighted by Gasteiger charge is 2.73. The van der Waals surface area contributed by atoms with E-state index in [2.05, 4.69) is 29.4 Å². The Morgan fingerprint density at radius 2 is 2.00 bits per heavy atom. The van der Waals surface area contributed by atoms with Crippen LogP contribution < -0.4 is 4.74 Å². The summed E-state index contributed by atoms with van der Waals surface area (Å²) in [5, 5.41) is 12.6. The Kier molecular flexibility index (Phi) is 6.74. The van der Waals surface area contributed by atoms with E-state index in [1.165, 1.54) is 17.7 Å². The maximum Gasteiger partial charge on any atom is 0.416 e. The first-order chi connectivity index (χ1) is 19.5. The molecule has 2 aromatic carbocycles. The van der Waals surface area contributed by atoms with E-state index in [0.717, 1.165) is 36.4 Å². The number of carbonyl (C=O) groups is 1. The molecule has 2 fully saturated rings. The van der Waals surface area contributed by atoms with Crippen LogP contribution in [0.4, 0.5) is 13.2 Å². The van der Waals surface area contributed by atoms with Crippen molar-refractivity contribution >= 4 is 5.91 Å². The van der Waals surface area contributed by atoms with E-state index in [1.807, 2.05) is 32.1 Å². The molecular weight excluding hydrogens is 529 g/mol. The van der Waals surface area contributed by atoms with E-state index in [4.69, 9.17) is 4.74 Å². The molecule has 216 valence electrons. The van der Waals surface area contributed by atoms with Gasteiger partial charge in [0.25, 0.3) is 5.91 Å². The van der Waals surface area contributed by atoms with Crippen LogP contribution in [-0.4, -0.2) is 64.2 Å². The lowest BCUT2D eigenvalue weighted by Crippen LogP contribution is -2.78. The van der Waals surface area contributed by atoms with Gasteiger partial charge in [0.1, 0.15) is 11.9 Å². The molecule has 2 bridgehead atoms. The van der Waals surface area contributed by atoms with Crippen LogP contribution in [0.2, 0.25) is 0 Å². The lowest BCUT2D eigenvalue weighted by atomic mass is 9.48. The topological polar surface area (TPSA) is 53.0 Å². The van der Waals surface area contributed by atoms with E-state index in [-0.39, 0.29) is 23.9 Å². The quantitative estimate of drug-likeness (QED) is 0.413. The van der Waals surface area contributed by atoms with Crippen molar-refractivity contribution in [2.45, 2.75) is 74.9 Å².